The van der Waals surface area contributed by atoms with Crippen molar-refractivity contribution in [2.75, 3.05) is 18.5 Å². The number of anilines is 1. The summed E-state index contributed by atoms with van der Waals surface area (Å²) in [7, 11) is 0. The first kappa shape index (κ1) is 24.5. The number of rotatable bonds is 16. The van der Waals surface area contributed by atoms with Gasteiger partial charge in [0.1, 0.15) is 17.9 Å². The molecule has 3 rings (SSSR count). The second-order valence-electron chi connectivity index (χ2n) is 8.67. The Hall–Kier alpha value is -2.14. The standard InChI is InChI=1S/C27H39N3OS/c1-3-4-5-6-7-8-9-10-11-12-19-31-24-15-13-23(14-16-24)17-18-28-27-26-25(29-21-30-27)22(2)20-32-26/h13-16,20-21H,3-12,17-19H2,1-2H3,(H,28,29,30). The molecule has 0 aliphatic rings. The van der Waals surface area contributed by atoms with Crippen LogP contribution in [-0.4, -0.2) is 23.1 Å². The van der Waals surface area contributed by atoms with Crippen LogP contribution in [0.15, 0.2) is 36.0 Å². The number of ether oxygens (including phenoxy) is 1. The number of aryl methyl sites for hydroxylation is 1. The lowest BCUT2D eigenvalue weighted by atomic mass is 10.1. The number of hydrogen-bond acceptors (Lipinski definition) is 5. The van der Waals surface area contributed by atoms with Crippen molar-refractivity contribution >= 4 is 27.4 Å². The Kier molecular flexibility index (Phi) is 10.8. The summed E-state index contributed by atoms with van der Waals surface area (Å²) in [6.07, 6.45) is 16.1. The third kappa shape index (κ3) is 8.09. The van der Waals surface area contributed by atoms with Crippen molar-refractivity contribution in [3.63, 3.8) is 0 Å². The molecule has 0 spiro atoms. The Morgan fingerprint density at radius 3 is 2.28 bits per heavy atom. The molecule has 2 heterocycles. The molecular weight excluding hydrogens is 414 g/mol. The first-order chi connectivity index (χ1) is 15.8. The van der Waals surface area contributed by atoms with Gasteiger partial charge in [0.25, 0.3) is 0 Å². The number of benzene rings is 1. The predicted molar refractivity (Wildman–Crippen MR) is 138 cm³/mol. The van der Waals surface area contributed by atoms with E-state index in [1.807, 2.05) is 0 Å². The highest BCUT2D eigenvalue weighted by Crippen LogP contribution is 2.28. The fourth-order valence-electron chi connectivity index (χ4n) is 3.95. The highest BCUT2D eigenvalue weighted by molar-refractivity contribution is 7.18. The largest absolute Gasteiger partial charge is 0.494 e. The third-order valence-corrected chi connectivity index (χ3v) is 7.02. The van der Waals surface area contributed by atoms with Crippen molar-refractivity contribution in [1.82, 2.24) is 9.97 Å². The summed E-state index contributed by atoms with van der Waals surface area (Å²) in [5.74, 6) is 1.91. The van der Waals surface area contributed by atoms with E-state index in [9.17, 15) is 0 Å². The lowest BCUT2D eigenvalue weighted by molar-refractivity contribution is 0.304. The Bertz CT molecular complexity index is 907. The maximum atomic E-state index is 5.93. The molecule has 0 amide bonds. The first-order valence-corrected chi connectivity index (χ1v) is 13.3. The normalized spacial score (nSPS) is 11.2. The van der Waals surface area contributed by atoms with Crippen LogP contribution in [0.5, 0.6) is 5.75 Å². The number of aromatic nitrogens is 2. The van der Waals surface area contributed by atoms with Crippen LogP contribution >= 0.6 is 11.3 Å². The van der Waals surface area contributed by atoms with Crippen molar-refractivity contribution in [2.24, 2.45) is 0 Å². The molecule has 2 aromatic heterocycles. The summed E-state index contributed by atoms with van der Waals surface area (Å²) in [5.41, 5.74) is 3.57. The zero-order chi connectivity index (χ0) is 22.4. The van der Waals surface area contributed by atoms with Gasteiger partial charge in [0, 0.05) is 6.54 Å². The molecule has 5 heteroatoms. The third-order valence-electron chi connectivity index (χ3n) is 5.93. The van der Waals surface area contributed by atoms with Gasteiger partial charge < -0.3 is 10.1 Å². The Labute approximate surface area is 197 Å². The van der Waals surface area contributed by atoms with Crippen molar-refractivity contribution in [3.8, 4) is 5.75 Å². The molecule has 0 atom stereocenters. The molecule has 0 saturated heterocycles. The minimum Gasteiger partial charge on any atom is -0.494 e. The zero-order valence-corrected chi connectivity index (χ0v) is 20.7. The Balaban J connectivity index is 1.26. The number of nitrogens with zero attached hydrogens (tertiary/aromatic N) is 2. The van der Waals surface area contributed by atoms with Gasteiger partial charge in [0.05, 0.1) is 16.8 Å². The van der Waals surface area contributed by atoms with E-state index >= 15 is 0 Å². The van der Waals surface area contributed by atoms with Crippen LogP contribution in [-0.2, 0) is 6.42 Å². The van der Waals surface area contributed by atoms with Gasteiger partial charge in [-0.05, 0) is 48.4 Å². The summed E-state index contributed by atoms with van der Waals surface area (Å²) in [6.45, 7) is 6.04. The second-order valence-corrected chi connectivity index (χ2v) is 9.55. The topological polar surface area (TPSA) is 47.0 Å². The molecule has 0 aliphatic heterocycles. The van der Waals surface area contributed by atoms with Crippen molar-refractivity contribution in [1.29, 1.82) is 0 Å². The van der Waals surface area contributed by atoms with Crippen LogP contribution in [0, 0.1) is 6.92 Å². The van der Waals surface area contributed by atoms with Gasteiger partial charge >= 0.3 is 0 Å². The van der Waals surface area contributed by atoms with Crippen LogP contribution in [0.2, 0.25) is 0 Å². The molecule has 0 bridgehead atoms. The summed E-state index contributed by atoms with van der Waals surface area (Å²) in [5, 5.41) is 5.61. The second kappa shape index (κ2) is 14.1. The minimum atomic E-state index is 0.821. The fourth-order valence-corrected chi connectivity index (χ4v) is 4.92. The van der Waals surface area contributed by atoms with E-state index in [0.29, 0.717) is 0 Å². The molecule has 3 aromatic rings. The molecule has 0 radical (unpaired) electrons. The Morgan fingerprint density at radius 1 is 0.875 bits per heavy atom. The maximum absolute atomic E-state index is 5.93. The van der Waals surface area contributed by atoms with Crippen LogP contribution in [0.4, 0.5) is 5.82 Å². The minimum absolute atomic E-state index is 0.821. The molecule has 1 N–H and O–H groups in total. The quantitative estimate of drug-likeness (QED) is 0.223. The van der Waals surface area contributed by atoms with Crippen molar-refractivity contribution < 1.29 is 4.74 Å². The number of nitrogens with one attached hydrogen (secondary N) is 1. The molecule has 0 unspecified atom stereocenters. The van der Waals surface area contributed by atoms with E-state index < -0.39 is 0 Å². The first-order valence-electron chi connectivity index (χ1n) is 12.4. The van der Waals surface area contributed by atoms with Gasteiger partial charge in [-0.15, -0.1) is 11.3 Å². The van der Waals surface area contributed by atoms with Crippen LogP contribution in [0.1, 0.15) is 82.3 Å². The van der Waals surface area contributed by atoms with Crippen LogP contribution in [0.3, 0.4) is 0 Å². The van der Waals surface area contributed by atoms with Gasteiger partial charge in [-0.2, -0.15) is 0 Å². The molecule has 0 aliphatic carbocycles. The highest BCUT2D eigenvalue weighted by atomic mass is 32.1. The molecule has 1 aromatic carbocycles. The van der Waals surface area contributed by atoms with Crippen molar-refractivity contribution in [2.45, 2.75) is 84.5 Å². The smallest absolute Gasteiger partial charge is 0.147 e. The van der Waals surface area contributed by atoms with Gasteiger partial charge in [0.15, 0.2) is 0 Å². The average molecular weight is 454 g/mol. The van der Waals surface area contributed by atoms with Gasteiger partial charge in [-0.1, -0.05) is 76.8 Å². The number of fused-ring (bicyclic) bond motifs is 1. The lowest BCUT2D eigenvalue weighted by Gasteiger charge is -2.09. The van der Waals surface area contributed by atoms with Gasteiger partial charge in [0.2, 0.25) is 0 Å². The molecule has 4 nitrogen and oxygen atoms in total. The van der Waals surface area contributed by atoms with Crippen molar-refractivity contribution in [3.05, 3.63) is 47.1 Å². The number of hydrogen-bond donors (Lipinski definition) is 1. The van der Waals surface area contributed by atoms with Gasteiger partial charge in [-0.3, -0.25) is 0 Å². The molecular formula is C27H39N3OS. The van der Waals surface area contributed by atoms with E-state index in [1.54, 1.807) is 17.7 Å². The number of thiophene rings is 1. The predicted octanol–water partition coefficient (Wildman–Crippen LogP) is 7.95. The molecule has 0 fully saturated rings. The van der Waals surface area contributed by atoms with E-state index in [-0.39, 0.29) is 0 Å². The summed E-state index contributed by atoms with van der Waals surface area (Å²) in [4.78, 5) is 8.80. The van der Waals surface area contributed by atoms with E-state index in [2.05, 4.69) is 58.8 Å². The van der Waals surface area contributed by atoms with E-state index in [1.165, 1.54) is 68.9 Å². The highest BCUT2D eigenvalue weighted by Gasteiger charge is 2.07. The molecule has 0 saturated carbocycles. The fraction of sp³-hybridized carbons (Fsp3) is 0.556. The molecule has 32 heavy (non-hydrogen) atoms. The summed E-state index contributed by atoms with van der Waals surface area (Å²) < 4.78 is 7.07. The SMILES string of the molecule is CCCCCCCCCCCCOc1ccc(CCNc2ncnc3c(C)csc23)cc1. The zero-order valence-electron chi connectivity index (χ0n) is 19.9. The summed E-state index contributed by atoms with van der Waals surface area (Å²) >= 11 is 1.70. The summed E-state index contributed by atoms with van der Waals surface area (Å²) in [6, 6.07) is 8.52. The monoisotopic (exact) mass is 453 g/mol. The Morgan fingerprint density at radius 2 is 1.56 bits per heavy atom. The van der Waals surface area contributed by atoms with E-state index in [0.717, 1.165) is 47.8 Å². The van der Waals surface area contributed by atoms with Gasteiger partial charge in [-0.25, -0.2) is 9.97 Å². The molecule has 174 valence electrons. The lowest BCUT2D eigenvalue weighted by Crippen LogP contribution is -2.06. The maximum Gasteiger partial charge on any atom is 0.147 e. The average Bonchev–Trinajstić information content (AvgIpc) is 3.20. The van der Waals surface area contributed by atoms with E-state index in [4.69, 9.17) is 4.74 Å². The van der Waals surface area contributed by atoms with Crippen LogP contribution < -0.4 is 10.1 Å². The number of unbranched alkanes of at least 4 members (excludes halogenated alkanes) is 9. The van der Waals surface area contributed by atoms with Crippen LogP contribution in [0.25, 0.3) is 10.2 Å².